The molecule has 2 atom stereocenters. The van der Waals surface area contributed by atoms with E-state index in [1.165, 1.54) is 18.3 Å². The quantitative estimate of drug-likeness (QED) is 0.772. The maximum atomic E-state index is 14.0. The van der Waals surface area contributed by atoms with Crippen molar-refractivity contribution in [2.75, 3.05) is 12.4 Å². The van der Waals surface area contributed by atoms with Crippen LogP contribution in [0.1, 0.15) is 14.6 Å². The van der Waals surface area contributed by atoms with Crippen LogP contribution in [0.25, 0.3) is 22.2 Å². The van der Waals surface area contributed by atoms with Gasteiger partial charge in [-0.25, -0.2) is 18.7 Å². The van der Waals surface area contributed by atoms with Gasteiger partial charge in [0, 0.05) is 16.5 Å². The molecular weight excluding hydrogens is 342 g/mol. The summed E-state index contributed by atoms with van der Waals surface area (Å²) in [5.41, 5.74) is -0.184. The van der Waals surface area contributed by atoms with Gasteiger partial charge >= 0.3 is 0 Å². The third-order valence-electron chi connectivity index (χ3n) is 4.18. The molecule has 134 valence electrons. The number of ether oxygens (including phenoxy) is 1. The minimum absolute atomic E-state index is 0.0761. The molecule has 1 fully saturated rings. The van der Waals surface area contributed by atoms with Gasteiger partial charge in [-0.05, 0) is 24.6 Å². The summed E-state index contributed by atoms with van der Waals surface area (Å²) in [7, 11) is -2.91. The summed E-state index contributed by atoms with van der Waals surface area (Å²) in [6.07, 6.45) is 0.876. The maximum Gasteiger partial charge on any atom is 0.231 e. The van der Waals surface area contributed by atoms with Crippen LogP contribution in [-0.2, 0) is 11.8 Å². The number of carbonyl (C=O) groups excluding carboxylic acids is 1. The van der Waals surface area contributed by atoms with E-state index in [0.29, 0.717) is 5.39 Å². The fraction of sp³-hybridized carbons (Fsp3) is 0.278. The predicted molar refractivity (Wildman–Crippen MR) is 92.1 cm³/mol. The van der Waals surface area contributed by atoms with Crippen molar-refractivity contribution < 1.29 is 26.5 Å². The molecular formula is C18H16F2N4O2. The summed E-state index contributed by atoms with van der Waals surface area (Å²) in [6.45, 7) is -2.76. The third-order valence-corrected chi connectivity index (χ3v) is 4.18. The highest BCUT2D eigenvalue weighted by Gasteiger charge is 2.43. The largest absolute Gasteiger partial charge is 0.481 e. The molecule has 2 unspecified atom stereocenters. The van der Waals surface area contributed by atoms with Gasteiger partial charge in [-0.3, -0.25) is 4.79 Å². The second kappa shape index (κ2) is 6.05. The number of aryl methyl sites for hydroxylation is 1. The number of methoxy groups -OCH3 is 1. The Hall–Kier alpha value is -3.03. The molecule has 0 aliphatic heterocycles. The molecule has 0 aromatic carbocycles. The van der Waals surface area contributed by atoms with E-state index in [9.17, 15) is 13.6 Å². The van der Waals surface area contributed by atoms with Gasteiger partial charge in [0.2, 0.25) is 11.8 Å². The van der Waals surface area contributed by atoms with Crippen molar-refractivity contribution in [3.05, 3.63) is 36.4 Å². The average molecular weight is 364 g/mol. The second-order valence-electron chi connectivity index (χ2n) is 5.95. The molecule has 6 nitrogen and oxygen atoms in total. The zero-order chi connectivity index (χ0) is 23.4. The Kier molecular flexibility index (Phi) is 2.52. The number of aromatic nitrogens is 3. The summed E-state index contributed by atoms with van der Waals surface area (Å²) in [5, 5.41) is 2.78. The molecule has 4 rings (SSSR count). The Labute approximate surface area is 156 Å². The van der Waals surface area contributed by atoms with Crippen LogP contribution in [0, 0.1) is 11.7 Å². The summed E-state index contributed by atoms with van der Waals surface area (Å²) in [5.74, 6) is -2.52. The molecule has 1 saturated carbocycles. The van der Waals surface area contributed by atoms with Crippen LogP contribution in [-0.4, -0.2) is 33.7 Å². The predicted octanol–water partition coefficient (Wildman–Crippen LogP) is 3.08. The van der Waals surface area contributed by atoms with Crippen LogP contribution in [0.3, 0.4) is 0 Å². The minimum Gasteiger partial charge on any atom is -0.481 e. The number of amides is 1. The van der Waals surface area contributed by atoms with E-state index in [-0.39, 0.29) is 29.0 Å². The highest BCUT2D eigenvalue weighted by molar-refractivity contribution is 5.96. The second-order valence-corrected chi connectivity index (χ2v) is 5.95. The molecule has 0 spiro atoms. The van der Waals surface area contributed by atoms with Gasteiger partial charge in [0.1, 0.15) is 17.8 Å². The van der Waals surface area contributed by atoms with Gasteiger partial charge in [-0.2, -0.15) is 0 Å². The number of fused-ring (bicyclic) bond motifs is 1. The Morgan fingerprint density at radius 3 is 2.96 bits per heavy atom. The van der Waals surface area contributed by atoms with Crippen LogP contribution in [0.5, 0.6) is 5.88 Å². The summed E-state index contributed by atoms with van der Waals surface area (Å²) < 4.78 is 78.4. The number of nitrogens with zero attached hydrogens (tertiary/aromatic N) is 3. The van der Waals surface area contributed by atoms with Crippen molar-refractivity contribution in [3.8, 4) is 17.1 Å². The number of hydrogen-bond donors (Lipinski definition) is 1. The number of carbonyl (C=O) groups is 1. The molecule has 3 heterocycles. The van der Waals surface area contributed by atoms with Gasteiger partial charge in [0.05, 0.1) is 46.2 Å². The molecule has 1 N–H and O–H groups in total. The normalized spacial score (nSPS) is 23.2. The summed E-state index contributed by atoms with van der Waals surface area (Å²) in [6, 6.07) is 3.65. The van der Waals surface area contributed by atoms with Crippen LogP contribution in [0.2, 0.25) is 0 Å². The lowest BCUT2D eigenvalue weighted by molar-refractivity contribution is -0.117. The SMILES string of the molecule is [2H]C([2H])([2H])Oc1ncc(F)cc1-c1cc2cc(NC(=O)C3CC3F)ncc2n1C([2H])([2H])[2H]. The van der Waals surface area contributed by atoms with Crippen molar-refractivity contribution in [1.82, 2.24) is 14.5 Å². The van der Waals surface area contributed by atoms with Crippen molar-refractivity contribution in [1.29, 1.82) is 0 Å². The van der Waals surface area contributed by atoms with Gasteiger partial charge in [0.15, 0.2) is 0 Å². The van der Waals surface area contributed by atoms with E-state index < -0.39 is 43.7 Å². The Morgan fingerprint density at radius 1 is 1.38 bits per heavy atom. The number of rotatable bonds is 4. The zero-order valence-electron chi connectivity index (χ0n) is 19.2. The summed E-state index contributed by atoms with van der Waals surface area (Å²) >= 11 is 0. The number of hydrogen-bond acceptors (Lipinski definition) is 4. The van der Waals surface area contributed by atoms with E-state index in [0.717, 1.165) is 16.8 Å². The number of anilines is 1. The van der Waals surface area contributed by atoms with E-state index >= 15 is 0 Å². The van der Waals surface area contributed by atoms with Crippen molar-refractivity contribution in [2.45, 2.75) is 12.6 Å². The molecule has 8 heteroatoms. The van der Waals surface area contributed by atoms with E-state index in [1.54, 1.807) is 0 Å². The number of pyridine rings is 2. The van der Waals surface area contributed by atoms with E-state index in [4.69, 9.17) is 13.0 Å². The molecule has 0 saturated heterocycles. The molecule has 1 aliphatic rings. The highest BCUT2D eigenvalue weighted by Crippen LogP contribution is 2.35. The Bertz CT molecular complexity index is 1210. The lowest BCUT2D eigenvalue weighted by Gasteiger charge is -2.08. The molecule has 0 radical (unpaired) electrons. The number of nitrogens with one attached hydrogen (secondary N) is 1. The van der Waals surface area contributed by atoms with Gasteiger partial charge in [-0.1, -0.05) is 0 Å². The number of alkyl halides is 1. The van der Waals surface area contributed by atoms with Crippen LogP contribution in [0.15, 0.2) is 30.6 Å². The first-order valence-electron chi connectivity index (χ1n) is 10.7. The molecule has 1 aliphatic carbocycles. The maximum absolute atomic E-state index is 14.0. The van der Waals surface area contributed by atoms with Gasteiger partial charge < -0.3 is 14.6 Å². The van der Waals surface area contributed by atoms with Crippen LogP contribution in [0.4, 0.5) is 14.6 Å². The average Bonchev–Trinajstić information content (AvgIpc) is 3.26. The van der Waals surface area contributed by atoms with Crippen LogP contribution < -0.4 is 10.1 Å². The van der Waals surface area contributed by atoms with Crippen molar-refractivity contribution in [2.24, 2.45) is 12.9 Å². The molecule has 1 amide bonds. The molecule has 3 aromatic heterocycles. The van der Waals surface area contributed by atoms with E-state index in [1.807, 2.05) is 0 Å². The lowest BCUT2D eigenvalue weighted by atomic mass is 10.2. The Balaban J connectivity index is 1.84. The first kappa shape index (κ1) is 10.8. The monoisotopic (exact) mass is 364 g/mol. The first-order chi connectivity index (χ1) is 14.8. The van der Waals surface area contributed by atoms with E-state index in [2.05, 4.69) is 15.3 Å². The van der Waals surface area contributed by atoms with Gasteiger partial charge in [0.25, 0.3) is 0 Å². The highest BCUT2D eigenvalue weighted by atomic mass is 19.1. The topological polar surface area (TPSA) is 69.0 Å². The zero-order valence-corrected chi connectivity index (χ0v) is 13.2. The van der Waals surface area contributed by atoms with Crippen LogP contribution >= 0.6 is 0 Å². The van der Waals surface area contributed by atoms with Crippen molar-refractivity contribution in [3.63, 3.8) is 0 Å². The lowest BCUT2D eigenvalue weighted by Crippen LogP contribution is -2.15. The first-order valence-corrected chi connectivity index (χ1v) is 7.65. The minimum atomic E-state index is -2.91. The molecule has 26 heavy (non-hydrogen) atoms. The van der Waals surface area contributed by atoms with Crippen molar-refractivity contribution >= 4 is 22.6 Å². The fourth-order valence-corrected chi connectivity index (χ4v) is 2.72. The molecule has 0 bridgehead atoms. The van der Waals surface area contributed by atoms with Gasteiger partial charge in [-0.15, -0.1) is 0 Å². The molecule has 3 aromatic rings. The summed E-state index contributed by atoms with van der Waals surface area (Å²) in [4.78, 5) is 19.7. The smallest absolute Gasteiger partial charge is 0.231 e. The standard InChI is InChI=1S/C18H16F2N4O2/c1-24-14(12-5-10(19)7-22-18(12)26-2)3-9-4-16(21-8-15(9)24)23-17(25)11-6-13(11)20/h3-5,7-8,11,13H,6H2,1-2H3,(H,21,23,25)/i1D3,2D3. The number of halogens is 2. The third kappa shape index (κ3) is 2.77. The fourth-order valence-electron chi connectivity index (χ4n) is 2.72. The Morgan fingerprint density at radius 2 is 2.23 bits per heavy atom.